The quantitative estimate of drug-likeness (QED) is 0.239. The fraction of sp³-hybridized carbons (Fsp3) is 1.00. The first-order valence-corrected chi connectivity index (χ1v) is 28.1. The molecular formula is C54H120N12. The van der Waals surface area contributed by atoms with Crippen LogP contribution in [0.2, 0.25) is 0 Å². The van der Waals surface area contributed by atoms with Crippen LogP contribution in [-0.2, 0) is 0 Å². The highest BCUT2D eigenvalue weighted by Gasteiger charge is 2.26. The molecule has 0 saturated carbocycles. The van der Waals surface area contributed by atoms with Gasteiger partial charge in [0.05, 0.1) is 0 Å². The second kappa shape index (κ2) is 37.3. The van der Waals surface area contributed by atoms with Crippen LogP contribution in [0.3, 0.4) is 0 Å². The summed E-state index contributed by atoms with van der Waals surface area (Å²) >= 11 is 0. The van der Waals surface area contributed by atoms with E-state index in [1.165, 1.54) is 170 Å². The maximum atomic E-state index is 2.71. The zero-order valence-electron chi connectivity index (χ0n) is 48.0. The van der Waals surface area contributed by atoms with Gasteiger partial charge in [-0.3, -0.25) is 14.7 Å². The molecule has 3 aliphatic rings. The van der Waals surface area contributed by atoms with Gasteiger partial charge >= 0.3 is 0 Å². The van der Waals surface area contributed by atoms with Gasteiger partial charge in [-0.25, -0.2) is 0 Å². The van der Waals surface area contributed by atoms with Gasteiger partial charge in [-0.2, -0.15) is 0 Å². The van der Waals surface area contributed by atoms with Crippen LogP contribution in [0.1, 0.15) is 104 Å². The molecule has 3 saturated heterocycles. The average Bonchev–Trinajstić information content (AvgIpc) is 3.30. The molecule has 3 heterocycles. The Labute approximate surface area is 414 Å². The number of likely N-dealkylation sites (N-methyl/N-ethyl adjacent to an activating group) is 11. The summed E-state index contributed by atoms with van der Waals surface area (Å²) in [5.41, 5.74) is 0. The summed E-state index contributed by atoms with van der Waals surface area (Å²) in [6.07, 6.45) is 0. The zero-order valence-corrected chi connectivity index (χ0v) is 48.0. The molecule has 0 radical (unpaired) electrons. The van der Waals surface area contributed by atoms with Gasteiger partial charge in [-0.15, -0.1) is 0 Å². The SMILES string of the molecule is CCN1CCN(C)CCN(CC)C(C(C)C)CN(CC)CC1.CCN1CCN(C)CCN(CC)CC(C(C)C)N(CC)CC1.CCN1CCN(C)CCN(CC)CCN(C(C)C(C)C)CC1. The van der Waals surface area contributed by atoms with E-state index in [2.05, 4.69) is 184 Å². The summed E-state index contributed by atoms with van der Waals surface area (Å²) in [6.45, 7) is 70.7. The standard InChI is InChI=1S/3C18H40N4/c1-7-20-11-9-19(6)10-12-21(8-2)14-16-22(15-13-20)18(5)17(3)4;1-7-20-12-10-19(6)11-15-22(9-3)18(17(4)5)16-21(8-2)14-13-20;1-7-20-12-10-19(6)11-13-21(8-2)16-18(17(4)5)22(9-3)15-14-20/h3*17-18H,7-16H2,1-6H3. The molecule has 3 rings (SSSR count). The van der Waals surface area contributed by atoms with Gasteiger partial charge in [0, 0.05) is 162 Å². The summed E-state index contributed by atoms with van der Waals surface area (Å²) in [5.74, 6) is 2.15. The number of nitrogens with zero attached hydrogens (tertiary/aromatic N) is 12. The van der Waals surface area contributed by atoms with Crippen LogP contribution in [0, 0.1) is 17.8 Å². The number of rotatable bonds is 12. The molecule has 0 aromatic rings. The van der Waals surface area contributed by atoms with Crippen LogP contribution in [0.5, 0.6) is 0 Å². The molecule has 12 nitrogen and oxygen atoms in total. The second-order valence-corrected chi connectivity index (χ2v) is 21.3. The van der Waals surface area contributed by atoms with E-state index in [1.54, 1.807) is 0 Å². The van der Waals surface area contributed by atoms with Crippen molar-refractivity contribution in [1.29, 1.82) is 0 Å². The highest BCUT2D eigenvalue weighted by atomic mass is 15.3. The zero-order chi connectivity index (χ0) is 49.6. The van der Waals surface area contributed by atoms with Gasteiger partial charge in [0.2, 0.25) is 0 Å². The summed E-state index contributed by atoms with van der Waals surface area (Å²) < 4.78 is 0. The Hall–Kier alpha value is -0.480. The summed E-state index contributed by atoms with van der Waals surface area (Å²) in [5, 5.41) is 0. The van der Waals surface area contributed by atoms with Gasteiger partial charge in [0.1, 0.15) is 0 Å². The van der Waals surface area contributed by atoms with Crippen molar-refractivity contribution in [3.63, 3.8) is 0 Å². The van der Waals surface area contributed by atoms with Crippen molar-refractivity contribution >= 4 is 0 Å². The first kappa shape index (κ1) is 63.5. The molecule has 0 N–H and O–H groups in total. The predicted molar refractivity (Wildman–Crippen MR) is 293 cm³/mol. The van der Waals surface area contributed by atoms with E-state index in [9.17, 15) is 0 Å². The van der Waals surface area contributed by atoms with Crippen molar-refractivity contribution in [2.75, 3.05) is 217 Å². The highest BCUT2D eigenvalue weighted by molar-refractivity contribution is 4.82. The third-order valence-corrected chi connectivity index (χ3v) is 16.0. The van der Waals surface area contributed by atoms with Crippen LogP contribution in [-0.4, -0.2) is 294 Å². The van der Waals surface area contributed by atoms with Crippen LogP contribution in [0.25, 0.3) is 0 Å². The van der Waals surface area contributed by atoms with E-state index < -0.39 is 0 Å². The molecule has 0 spiro atoms. The van der Waals surface area contributed by atoms with E-state index in [0.717, 1.165) is 32.1 Å². The van der Waals surface area contributed by atoms with Gasteiger partial charge in [0.25, 0.3) is 0 Å². The molecule has 396 valence electrons. The minimum atomic E-state index is 0.669. The topological polar surface area (TPSA) is 38.9 Å². The Kier molecular flexibility index (Phi) is 35.9. The summed E-state index contributed by atoms with van der Waals surface area (Å²) in [4.78, 5) is 31.3. The molecule has 0 bridgehead atoms. The predicted octanol–water partition coefficient (Wildman–Crippen LogP) is 5.77. The molecule has 0 aromatic carbocycles. The van der Waals surface area contributed by atoms with Gasteiger partial charge in [0.15, 0.2) is 0 Å². The van der Waals surface area contributed by atoms with Crippen molar-refractivity contribution in [2.24, 2.45) is 17.8 Å². The molecule has 3 aliphatic heterocycles. The first-order valence-electron chi connectivity index (χ1n) is 28.1. The van der Waals surface area contributed by atoms with E-state index >= 15 is 0 Å². The fourth-order valence-corrected chi connectivity index (χ4v) is 9.84. The molecule has 0 aromatic heterocycles. The molecule has 3 atom stereocenters. The van der Waals surface area contributed by atoms with Crippen LogP contribution in [0.4, 0.5) is 0 Å². The van der Waals surface area contributed by atoms with Crippen molar-refractivity contribution in [3.05, 3.63) is 0 Å². The second-order valence-electron chi connectivity index (χ2n) is 21.3. The molecule has 3 fully saturated rings. The Morgan fingerprint density at radius 1 is 0.303 bits per heavy atom. The highest BCUT2D eigenvalue weighted by Crippen LogP contribution is 2.16. The maximum absolute atomic E-state index is 2.71. The maximum Gasteiger partial charge on any atom is 0.0246 e. The van der Waals surface area contributed by atoms with Crippen molar-refractivity contribution < 1.29 is 0 Å². The van der Waals surface area contributed by atoms with Crippen molar-refractivity contribution in [2.45, 2.75) is 122 Å². The minimum Gasteiger partial charge on any atom is -0.304 e. The van der Waals surface area contributed by atoms with Crippen LogP contribution >= 0.6 is 0 Å². The molecule has 66 heavy (non-hydrogen) atoms. The normalized spacial score (nSPS) is 25.4. The molecule has 3 unspecified atom stereocenters. The fourth-order valence-electron chi connectivity index (χ4n) is 9.84. The van der Waals surface area contributed by atoms with Crippen LogP contribution in [0.15, 0.2) is 0 Å². The smallest absolute Gasteiger partial charge is 0.0246 e. The van der Waals surface area contributed by atoms with E-state index in [4.69, 9.17) is 0 Å². The first-order chi connectivity index (χ1) is 31.5. The lowest BCUT2D eigenvalue weighted by Gasteiger charge is -2.39. The van der Waals surface area contributed by atoms with E-state index in [-0.39, 0.29) is 0 Å². The summed E-state index contributed by atoms with van der Waals surface area (Å²) in [6, 6.07) is 2.02. The average molecular weight is 938 g/mol. The summed E-state index contributed by atoms with van der Waals surface area (Å²) in [7, 11) is 6.81. The lowest BCUT2D eigenvalue weighted by atomic mass is 10.0. The van der Waals surface area contributed by atoms with Crippen molar-refractivity contribution in [3.8, 4) is 0 Å². The molecule has 12 heteroatoms. The third-order valence-electron chi connectivity index (χ3n) is 16.0. The lowest BCUT2D eigenvalue weighted by molar-refractivity contribution is 0.0866. The van der Waals surface area contributed by atoms with Gasteiger partial charge in [-0.1, -0.05) is 96.9 Å². The van der Waals surface area contributed by atoms with Crippen molar-refractivity contribution in [1.82, 2.24) is 58.8 Å². The van der Waals surface area contributed by atoms with Gasteiger partial charge < -0.3 is 44.1 Å². The lowest BCUT2D eigenvalue weighted by Crippen LogP contribution is -2.51. The van der Waals surface area contributed by atoms with Gasteiger partial charge in [-0.05, 0) is 98.2 Å². The number of hydrogen-bond donors (Lipinski definition) is 0. The largest absolute Gasteiger partial charge is 0.304 e. The molecule has 0 amide bonds. The Morgan fingerprint density at radius 2 is 0.545 bits per heavy atom. The minimum absolute atomic E-state index is 0.669. The Balaban J connectivity index is 0.000000495. The van der Waals surface area contributed by atoms with E-state index in [0.29, 0.717) is 30.0 Å². The third kappa shape index (κ3) is 26.1. The monoisotopic (exact) mass is 937 g/mol. The Bertz CT molecular complexity index is 1070. The Morgan fingerprint density at radius 3 is 0.833 bits per heavy atom. The van der Waals surface area contributed by atoms with E-state index in [1.807, 2.05) is 0 Å². The molecule has 0 aliphatic carbocycles. The van der Waals surface area contributed by atoms with Crippen LogP contribution < -0.4 is 0 Å². The number of hydrogen-bond acceptors (Lipinski definition) is 12. The molecular weight excluding hydrogens is 817 g/mol.